The number of hydrogen-bond acceptors (Lipinski definition) is 7. The van der Waals surface area contributed by atoms with Crippen LogP contribution in [0.4, 0.5) is 10.5 Å². The average molecular weight is 659 g/mol. The predicted octanol–water partition coefficient (Wildman–Crippen LogP) is 5.39. The maximum atomic E-state index is 13.4. The lowest BCUT2D eigenvalue weighted by Gasteiger charge is -2.35. The molecule has 4 amide bonds. The van der Waals surface area contributed by atoms with Gasteiger partial charge in [-0.2, -0.15) is 0 Å². The highest BCUT2D eigenvalue weighted by molar-refractivity contribution is 9.11. The van der Waals surface area contributed by atoms with Crippen LogP contribution < -0.4 is 10.1 Å². The summed E-state index contributed by atoms with van der Waals surface area (Å²) >= 11 is 6.72. The van der Waals surface area contributed by atoms with Crippen LogP contribution in [0.5, 0.6) is 5.75 Å². The summed E-state index contributed by atoms with van der Waals surface area (Å²) in [6.45, 7) is 0. The molecule has 12 heteroatoms. The smallest absolute Gasteiger partial charge is 0.336 e. The molecule has 10 nitrogen and oxygen atoms in total. The number of carbonyl (C=O) groups is 4. The minimum absolute atomic E-state index is 0.0448. The van der Waals surface area contributed by atoms with E-state index in [0.29, 0.717) is 20.4 Å². The zero-order valence-corrected chi connectivity index (χ0v) is 23.4. The fourth-order valence-electron chi connectivity index (χ4n) is 5.49. The number of nitro benzene ring substituents is 1. The maximum absolute atomic E-state index is 13.4. The maximum Gasteiger partial charge on any atom is 0.336 e. The number of rotatable bonds is 6. The number of benzene rings is 2. The molecule has 2 bridgehead atoms. The number of nitro groups is 1. The van der Waals surface area contributed by atoms with Crippen molar-refractivity contribution in [3.05, 3.63) is 78.2 Å². The third kappa shape index (κ3) is 5.57. The van der Waals surface area contributed by atoms with Gasteiger partial charge < -0.3 is 4.74 Å². The normalized spacial score (nSPS) is 23.5. The van der Waals surface area contributed by atoms with Crippen molar-refractivity contribution in [3.8, 4) is 5.75 Å². The summed E-state index contributed by atoms with van der Waals surface area (Å²) in [5, 5.41) is 13.3. The highest BCUT2D eigenvalue weighted by atomic mass is 79.9. The van der Waals surface area contributed by atoms with E-state index in [1.165, 1.54) is 30.4 Å². The number of carbonyl (C=O) groups excluding carboxylic acids is 4. The quantitative estimate of drug-likeness (QED) is 0.110. The van der Waals surface area contributed by atoms with E-state index in [0.717, 1.165) is 36.7 Å². The van der Waals surface area contributed by atoms with Gasteiger partial charge in [0.1, 0.15) is 5.57 Å². The number of esters is 1. The van der Waals surface area contributed by atoms with Crippen LogP contribution in [0.15, 0.2) is 57.0 Å². The van der Waals surface area contributed by atoms with E-state index in [1.807, 2.05) is 0 Å². The van der Waals surface area contributed by atoms with Crippen molar-refractivity contribution in [2.75, 3.05) is 0 Å². The molecule has 0 spiro atoms. The van der Waals surface area contributed by atoms with E-state index < -0.39 is 28.7 Å². The molecule has 1 aliphatic heterocycles. The lowest BCUT2D eigenvalue weighted by atomic mass is 9.93. The van der Waals surface area contributed by atoms with E-state index in [1.54, 1.807) is 18.2 Å². The summed E-state index contributed by atoms with van der Waals surface area (Å²) in [6, 6.07) is 7.97. The number of imide groups is 2. The molecule has 0 radical (unpaired) electrons. The number of ether oxygens (including phenoxy) is 1. The Morgan fingerprint density at radius 2 is 1.92 bits per heavy atom. The molecule has 3 fully saturated rings. The Morgan fingerprint density at radius 1 is 1.13 bits per heavy atom. The van der Waals surface area contributed by atoms with Crippen LogP contribution in [-0.2, 0) is 14.4 Å². The summed E-state index contributed by atoms with van der Waals surface area (Å²) in [7, 11) is 0. The Hall–Kier alpha value is -3.64. The Bertz CT molecular complexity index is 1490. The number of halogens is 2. The third-order valence-electron chi connectivity index (χ3n) is 7.20. The monoisotopic (exact) mass is 657 g/mol. The van der Waals surface area contributed by atoms with Gasteiger partial charge in [0, 0.05) is 34.3 Å². The predicted molar refractivity (Wildman–Crippen MR) is 147 cm³/mol. The summed E-state index contributed by atoms with van der Waals surface area (Å²) in [4.78, 5) is 63.1. The number of urea groups is 1. The van der Waals surface area contributed by atoms with Gasteiger partial charge in [-0.05, 0) is 76.9 Å². The largest absolute Gasteiger partial charge is 0.422 e. The van der Waals surface area contributed by atoms with Crippen molar-refractivity contribution in [3.63, 3.8) is 0 Å². The number of amides is 4. The minimum atomic E-state index is -0.830. The second-order valence-corrected chi connectivity index (χ2v) is 11.4. The molecule has 0 aromatic heterocycles. The topological polar surface area (TPSA) is 136 Å². The van der Waals surface area contributed by atoms with Crippen LogP contribution in [0.1, 0.15) is 36.8 Å². The zero-order valence-electron chi connectivity index (χ0n) is 20.3. The second kappa shape index (κ2) is 10.9. The summed E-state index contributed by atoms with van der Waals surface area (Å²) in [6.07, 6.45) is 7.51. The van der Waals surface area contributed by atoms with E-state index in [9.17, 15) is 29.3 Å². The van der Waals surface area contributed by atoms with Crippen LogP contribution in [0, 0.1) is 22.0 Å². The summed E-state index contributed by atoms with van der Waals surface area (Å²) in [5.74, 6) is -1.55. The van der Waals surface area contributed by atoms with Gasteiger partial charge in [0.2, 0.25) is 0 Å². The fraction of sp³-hybridized carbons (Fsp3) is 0.259. The van der Waals surface area contributed by atoms with Gasteiger partial charge in [0.25, 0.3) is 17.5 Å². The SMILES string of the molecule is O=C(/C=C/c1cccc([N+](=O)[O-])c1)Oc1c(Br)cc(Br)cc1/C=C1/C(=O)NC(=O)N([C@H]2C[C@H]3CC[C@H]2C3)C1=O. The van der Waals surface area contributed by atoms with Crippen molar-refractivity contribution >= 4 is 73.5 Å². The molecule has 200 valence electrons. The molecule has 0 unspecified atom stereocenters. The molecule has 39 heavy (non-hydrogen) atoms. The first-order valence-electron chi connectivity index (χ1n) is 12.1. The van der Waals surface area contributed by atoms with Crippen LogP contribution in [0.2, 0.25) is 0 Å². The number of fused-ring (bicyclic) bond motifs is 2. The number of non-ortho nitro benzene ring substituents is 1. The van der Waals surface area contributed by atoms with Gasteiger partial charge in [-0.1, -0.05) is 34.5 Å². The Balaban J connectivity index is 1.42. The van der Waals surface area contributed by atoms with Gasteiger partial charge in [0.15, 0.2) is 5.75 Å². The van der Waals surface area contributed by atoms with Crippen LogP contribution >= 0.6 is 31.9 Å². The molecule has 3 aliphatic rings. The lowest BCUT2D eigenvalue weighted by Crippen LogP contribution is -2.58. The van der Waals surface area contributed by atoms with E-state index in [4.69, 9.17) is 4.74 Å². The molecular formula is C27H21Br2N3O7. The summed E-state index contributed by atoms with van der Waals surface area (Å²) < 4.78 is 6.48. The molecule has 2 saturated carbocycles. The average Bonchev–Trinajstić information content (AvgIpc) is 3.51. The van der Waals surface area contributed by atoms with Crippen molar-refractivity contribution < 1.29 is 28.8 Å². The van der Waals surface area contributed by atoms with Gasteiger partial charge in [-0.3, -0.25) is 29.9 Å². The molecular weight excluding hydrogens is 638 g/mol. The molecule has 3 atom stereocenters. The zero-order chi connectivity index (χ0) is 27.8. The lowest BCUT2D eigenvalue weighted by molar-refractivity contribution is -0.384. The van der Waals surface area contributed by atoms with Crippen molar-refractivity contribution in [2.45, 2.75) is 31.7 Å². The van der Waals surface area contributed by atoms with Gasteiger partial charge in [-0.15, -0.1) is 0 Å². The Labute approximate surface area is 239 Å². The Morgan fingerprint density at radius 3 is 2.62 bits per heavy atom. The van der Waals surface area contributed by atoms with Crippen LogP contribution in [0.25, 0.3) is 12.2 Å². The summed E-state index contributed by atoms with van der Waals surface area (Å²) in [5.41, 5.74) is 0.303. The number of nitrogens with one attached hydrogen (secondary N) is 1. The molecule has 5 rings (SSSR count). The Kier molecular flexibility index (Phi) is 7.50. The fourth-order valence-corrected chi connectivity index (χ4v) is 6.83. The van der Waals surface area contributed by atoms with Crippen molar-refractivity contribution in [2.24, 2.45) is 11.8 Å². The van der Waals surface area contributed by atoms with Gasteiger partial charge >= 0.3 is 12.0 Å². The molecule has 1 heterocycles. The van der Waals surface area contributed by atoms with Crippen LogP contribution in [0.3, 0.4) is 0 Å². The first-order valence-corrected chi connectivity index (χ1v) is 13.7. The van der Waals surface area contributed by atoms with E-state index in [2.05, 4.69) is 37.2 Å². The van der Waals surface area contributed by atoms with Crippen molar-refractivity contribution in [1.82, 2.24) is 10.2 Å². The molecule has 2 aliphatic carbocycles. The molecule has 2 aromatic carbocycles. The van der Waals surface area contributed by atoms with Crippen molar-refractivity contribution in [1.29, 1.82) is 0 Å². The highest BCUT2D eigenvalue weighted by Crippen LogP contribution is 2.47. The number of hydrogen-bond donors (Lipinski definition) is 1. The van der Waals surface area contributed by atoms with E-state index in [-0.39, 0.29) is 34.5 Å². The molecule has 1 saturated heterocycles. The molecule has 1 N–H and O–H groups in total. The minimum Gasteiger partial charge on any atom is -0.422 e. The van der Waals surface area contributed by atoms with E-state index >= 15 is 0 Å². The van der Waals surface area contributed by atoms with Gasteiger partial charge in [0.05, 0.1) is 9.40 Å². The first kappa shape index (κ1) is 26.9. The third-order valence-corrected chi connectivity index (χ3v) is 8.24. The number of barbiturate groups is 1. The standard InChI is InChI=1S/C27H21Br2N3O7/c28-18-11-17(12-20-25(34)30-27(36)31(26(20)35)22-10-15-4-6-16(22)8-15)24(21(29)13-18)39-23(33)7-5-14-2-1-3-19(9-14)32(37)38/h1-3,5,7,9,11-13,15-16,22H,4,6,8,10H2,(H,30,34,36)/b7-5+,20-12-/t15-,16-,22-/m0/s1. The van der Waals surface area contributed by atoms with Gasteiger partial charge in [-0.25, -0.2) is 9.59 Å². The molecule has 2 aromatic rings. The second-order valence-electron chi connectivity index (χ2n) is 9.65. The van der Waals surface area contributed by atoms with Crippen LogP contribution in [-0.4, -0.2) is 39.7 Å². The first-order chi connectivity index (χ1) is 18.6. The highest BCUT2D eigenvalue weighted by Gasteiger charge is 2.49. The number of nitrogens with zero attached hydrogens (tertiary/aromatic N) is 2.